The minimum absolute atomic E-state index is 0.322. The molecule has 2 atom stereocenters. The normalized spacial score (nSPS) is 20.3. The Hall–Kier alpha value is -2.00. The predicted molar refractivity (Wildman–Crippen MR) is 88.7 cm³/mol. The van der Waals surface area contributed by atoms with Gasteiger partial charge in [0.2, 0.25) is 0 Å². The maximum atomic E-state index is 5.39. The third kappa shape index (κ3) is 3.09. The molecule has 1 aliphatic rings. The van der Waals surface area contributed by atoms with Crippen LogP contribution >= 0.6 is 0 Å². The third-order valence-corrected chi connectivity index (χ3v) is 4.34. The van der Waals surface area contributed by atoms with E-state index in [4.69, 9.17) is 9.47 Å². The topological polar surface area (TPSA) is 30.5 Å². The molecule has 22 heavy (non-hydrogen) atoms. The van der Waals surface area contributed by atoms with Crippen molar-refractivity contribution in [3.05, 3.63) is 59.2 Å². The fourth-order valence-corrected chi connectivity index (χ4v) is 3.20. The molecule has 0 radical (unpaired) electrons. The number of methoxy groups -OCH3 is 2. The second kappa shape index (κ2) is 6.41. The Bertz CT molecular complexity index is 636. The molecule has 0 spiro atoms. The van der Waals surface area contributed by atoms with Crippen LogP contribution in [0.3, 0.4) is 0 Å². The molecule has 2 aromatic rings. The summed E-state index contributed by atoms with van der Waals surface area (Å²) < 4.78 is 10.6. The number of hydrogen-bond donors (Lipinski definition) is 1. The van der Waals surface area contributed by atoms with Gasteiger partial charge in [-0.1, -0.05) is 18.2 Å². The van der Waals surface area contributed by atoms with E-state index < -0.39 is 0 Å². The minimum atomic E-state index is 0.322. The molecule has 0 fully saturated rings. The molecule has 1 N–H and O–H groups in total. The lowest BCUT2D eigenvalue weighted by Gasteiger charge is -2.32. The summed E-state index contributed by atoms with van der Waals surface area (Å²) in [5, 5.41) is 3.71. The Morgan fingerprint density at radius 3 is 2.36 bits per heavy atom. The van der Waals surface area contributed by atoms with Gasteiger partial charge in [0, 0.05) is 12.1 Å². The van der Waals surface area contributed by atoms with Crippen molar-refractivity contribution in [2.75, 3.05) is 14.2 Å². The van der Waals surface area contributed by atoms with E-state index in [2.05, 4.69) is 42.6 Å². The van der Waals surface area contributed by atoms with Gasteiger partial charge >= 0.3 is 0 Å². The van der Waals surface area contributed by atoms with E-state index >= 15 is 0 Å². The Labute approximate surface area is 132 Å². The number of rotatable bonds is 4. The Morgan fingerprint density at radius 2 is 1.68 bits per heavy atom. The zero-order valence-corrected chi connectivity index (χ0v) is 13.4. The lowest BCUT2D eigenvalue weighted by Crippen LogP contribution is -2.38. The van der Waals surface area contributed by atoms with Gasteiger partial charge in [0.05, 0.1) is 14.2 Å². The molecule has 0 saturated carbocycles. The highest BCUT2D eigenvalue weighted by Crippen LogP contribution is 2.31. The van der Waals surface area contributed by atoms with Crippen LogP contribution in [0.2, 0.25) is 0 Å². The molecule has 1 unspecified atom stereocenters. The van der Waals surface area contributed by atoms with Crippen molar-refractivity contribution in [2.45, 2.75) is 31.8 Å². The molecule has 0 aliphatic carbocycles. The maximum Gasteiger partial charge on any atom is 0.119 e. The van der Waals surface area contributed by atoms with Crippen LogP contribution in [0.1, 0.15) is 29.7 Å². The first kappa shape index (κ1) is 14.9. The van der Waals surface area contributed by atoms with Gasteiger partial charge in [-0.15, -0.1) is 0 Å². The van der Waals surface area contributed by atoms with Crippen LogP contribution in [0.4, 0.5) is 0 Å². The summed E-state index contributed by atoms with van der Waals surface area (Å²) in [6.45, 7) is 2.24. The fraction of sp³-hybridized carbons (Fsp3) is 0.368. The van der Waals surface area contributed by atoms with Crippen LogP contribution in [0.15, 0.2) is 42.5 Å². The van der Waals surface area contributed by atoms with Crippen molar-refractivity contribution in [2.24, 2.45) is 0 Å². The van der Waals surface area contributed by atoms with Gasteiger partial charge in [0.1, 0.15) is 11.5 Å². The Balaban J connectivity index is 1.87. The molecular weight excluding hydrogens is 274 g/mol. The average molecular weight is 297 g/mol. The molecule has 0 saturated heterocycles. The number of benzene rings is 2. The van der Waals surface area contributed by atoms with Gasteiger partial charge in [-0.05, 0) is 60.7 Å². The van der Waals surface area contributed by atoms with E-state index in [9.17, 15) is 0 Å². The van der Waals surface area contributed by atoms with Crippen molar-refractivity contribution >= 4 is 0 Å². The van der Waals surface area contributed by atoms with Crippen LogP contribution in [-0.4, -0.2) is 20.3 Å². The summed E-state index contributed by atoms with van der Waals surface area (Å²) in [4.78, 5) is 0. The molecule has 2 aromatic carbocycles. The van der Waals surface area contributed by atoms with Crippen molar-refractivity contribution in [1.82, 2.24) is 5.32 Å². The molecule has 116 valence electrons. The number of fused-ring (bicyclic) bond motifs is 1. The van der Waals surface area contributed by atoms with Gasteiger partial charge in [-0.3, -0.25) is 0 Å². The van der Waals surface area contributed by atoms with Gasteiger partial charge < -0.3 is 14.8 Å². The maximum absolute atomic E-state index is 5.39. The molecule has 3 nitrogen and oxygen atoms in total. The van der Waals surface area contributed by atoms with E-state index in [-0.39, 0.29) is 0 Å². The van der Waals surface area contributed by atoms with E-state index in [0.717, 1.165) is 24.3 Å². The second-order valence-electron chi connectivity index (χ2n) is 5.94. The predicted octanol–water partition coefficient (Wildman–Crippen LogP) is 3.52. The largest absolute Gasteiger partial charge is 0.497 e. The number of nitrogens with one attached hydrogen (secondary N) is 1. The highest BCUT2D eigenvalue weighted by Gasteiger charge is 2.24. The summed E-state index contributed by atoms with van der Waals surface area (Å²) in [7, 11) is 3.42. The summed E-state index contributed by atoms with van der Waals surface area (Å²) in [5.74, 6) is 1.82. The monoisotopic (exact) mass is 297 g/mol. The summed E-state index contributed by atoms with van der Waals surface area (Å²) >= 11 is 0. The molecule has 0 bridgehead atoms. The lowest BCUT2D eigenvalue weighted by molar-refractivity contribution is 0.400. The highest BCUT2D eigenvalue weighted by molar-refractivity contribution is 5.41. The van der Waals surface area contributed by atoms with Gasteiger partial charge in [-0.25, -0.2) is 0 Å². The van der Waals surface area contributed by atoms with Crippen LogP contribution in [0.5, 0.6) is 11.5 Å². The van der Waals surface area contributed by atoms with Crippen LogP contribution in [-0.2, 0) is 12.8 Å². The fourth-order valence-electron chi connectivity index (χ4n) is 3.20. The van der Waals surface area contributed by atoms with Crippen molar-refractivity contribution in [3.63, 3.8) is 0 Å². The van der Waals surface area contributed by atoms with Gasteiger partial charge in [0.25, 0.3) is 0 Å². The summed E-state index contributed by atoms with van der Waals surface area (Å²) in [6.07, 6.45) is 2.03. The SMILES string of the molecule is COc1ccc(CC2N[C@H](C)Cc3ccc(OC)cc32)cc1. The Morgan fingerprint density at radius 1 is 1.00 bits per heavy atom. The molecule has 1 heterocycles. The lowest BCUT2D eigenvalue weighted by atomic mass is 9.87. The first-order valence-electron chi connectivity index (χ1n) is 7.75. The van der Waals surface area contributed by atoms with Gasteiger partial charge in [0.15, 0.2) is 0 Å². The quantitative estimate of drug-likeness (QED) is 0.936. The average Bonchev–Trinajstić information content (AvgIpc) is 2.55. The Kier molecular flexibility index (Phi) is 4.34. The van der Waals surface area contributed by atoms with E-state index in [0.29, 0.717) is 12.1 Å². The number of ether oxygens (including phenoxy) is 2. The highest BCUT2D eigenvalue weighted by atomic mass is 16.5. The first-order chi connectivity index (χ1) is 10.7. The minimum Gasteiger partial charge on any atom is -0.497 e. The van der Waals surface area contributed by atoms with E-state index in [1.54, 1.807) is 14.2 Å². The summed E-state index contributed by atoms with van der Waals surface area (Å²) in [5.41, 5.74) is 4.08. The summed E-state index contributed by atoms with van der Waals surface area (Å²) in [6, 6.07) is 15.6. The van der Waals surface area contributed by atoms with Gasteiger partial charge in [-0.2, -0.15) is 0 Å². The molecule has 0 aromatic heterocycles. The standard InChI is InChI=1S/C19H23NO2/c1-13-10-15-6-9-17(22-3)12-18(15)19(20-13)11-14-4-7-16(21-2)8-5-14/h4-9,12-13,19-20H,10-11H2,1-3H3/t13-,19?/m1/s1. The van der Waals surface area contributed by atoms with E-state index in [1.807, 2.05) is 12.1 Å². The zero-order chi connectivity index (χ0) is 15.5. The zero-order valence-electron chi connectivity index (χ0n) is 13.4. The van der Waals surface area contributed by atoms with Crippen LogP contribution < -0.4 is 14.8 Å². The molecule has 3 rings (SSSR count). The second-order valence-corrected chi connectivity index (χ2v) is 5.94. The van der Waals surface area contributed by atoms with Crippen molar-refractivity contribution in [1.29, 1.82) is 0 Å². The number of hydrogen-bond acceptors (Lipinski definition) is 3. The third-order valence-electron chi connectivity index (χ3n) is 4.34. The van der Waals surface area contributed by atoms with Crippen LogP contribution in [0.25, 0.3) is 0 Å². The van der Waals surface area contributed by atoms with E-state index in [1.165, 1.54) is 16.7 Å². The molecule has 0 amide bonds. The molecular formula is C19H23NO2. The molecule has 3 heteroatoms. The first-order valence-corrected chi connectivity index (χ1v) is 7.75. The smallest absolute Gasteiger partial charge is 0.119 e. The molecule has 1 aliphatic heterocycles. The van der Waals surface area contributed by atoms with Crippen LogP contribution in [0, 0.1) is 0 Å². The van der Waals surface area contributed by atoms with Crippen molar-refractivity contribution < 1.29 is 9.47 Å². The van der Waals surface area contributed by atoms with Crippen molar-refractivity contribution in [3.8, 4) is 11.5 Å².